The van der Waals surface area contributed by atoms with Gasteiger partial charge < -0.3 is 5.32 Å². The van der Waals surface area contributed by atoms with Crippen LogP contribution in [0.1, 0.15) is 22.7 Å². The second-order valence-electron chi connectivity index (χ2n) is 6.63. The number of nitroso groups, excluding NO2 is 1. The van der Waals surface area contributed by atoms with Gasteiger partial charge in [0, 0.05) is 10.2 Å². The monoisotopic (exact) mass is 420 g/mol. The molecule has 4 nitrogen and oxygen atoms in total. The maximum Gasteiger partial charge on any atom is 0.430 e. The molecule has 1 N–H and O–H groups in total. The Hall–Kier alpha value is -2.93. The van der Waals surface area contributed by atoms with Crippen LogP contribution in [0.15, 0.2) is 77.1 Å². The number of halogens is 4. The minimum absolute atomic E-state index is 0.106. The van der Waals surface area contributed by atoms with Crippen LogP contribution < -0.4 is 5.32 Å². The Kier molecular flexibility index (Phi) is 6.17. The van der Waals surface area contributed by atoms with Crippen LogP contribution in [0.4, 0.5) is 13.2 Å². The van der Waals surface area contributed by atoms with Gasteiger partial charge in [-0.05, 0) is 46.9 Å². The molecule has 1 unspecified atom stereocenters. The Morgan fingerprint density at radius 3 is 2.41 bits per heavy atom. The third kappa shape index (κ3) is 5.54. The zero-order valence-electron chi connectivity index (χ0n) is 15.0. The molecule has 1 heterocycles. The highest BCUT2D eigenvalue weighted by molar-refractivity contribution is 6.30. The van der Waals surface area contributed by atoms with Gasteiger partial charge in [0.2, 0.25) is 0 Å². The van der Waals surface area contributed by atoms with Gasteiger partial charge in [-0.25, -0.2) is 0 Å². The van der Waals surface area contributed by atoms with E-state index in [1.807, 2.05) is 0 Å². The lowest BCUT2D eigenvalue weighted by atomic mass is 9.95. The van der Waals surface area contributed by atoms with E-state index in [0.29, 0.717) is 21.7 Å². The molecule has 1 aliphatic heterocycles. The number of nitrogens with zero attached hydrogens (tertiary/aromatic N) is 1. The van der Waals surface area contributed by atoms with Crippen LogP contribution in [0.25, 0.3) is 0 Å². The fourth-order valence-corrected chi connectivity index (χ4v) is 3.27. The molecule has 0 saturated heterocycles. The van der Waals surface area contributed by atoms with Crippen molar-refractivity contribution < 1.29 is 18.0 Å². The Bertz CT molecular complexity index is 982. The molecule has 150 valence electrons. The van der Waals surface area contributed by atoms with Gasteiger partial charge in [-0.15, -0.1) is 4.91 Å². The number of carbonyl (C=O) groups excluding carboxylic acids is 1. The van der Waals surface area contributed by atoms with Crippen molar-refractivity contribution in [1.82, 2.24) is 5.32 Å². The van der Waals surface area contributed by atoms with E-state index in [1.54, 1.807) is 54.6 Å². The standard InChI is InChI=1S/C21H16ClF3N2O2/c22-17-3-1-2-16(12-17)18-9-15(10-19(26-18)21(23,24)25)8-13-4-6-14(7-5-13)11-20(28)27-29/h1-7,9-10,12,18,26H,8,11H2. The molecule has 29 heavy (non-hydrogen) atoms. The first-order valence-electron chi connectivity index (χ1n) is 8.70. The van der Waals surface area contributed by atoms with Gasteiger partial charge in [-0.3, -0.25) is 4.79 Å². The van der Waals surface area contributed by atoms with Gasteiger partial charge in [-0.1, -0.05) is 54.1 Å². The van der Waals surface area contributed by atoms with E-state index in [2.05, 4.69) is 10.5 Å². The Morgan fingerprint density at radius 1 is 1.10 bits per heavy atom. The molecule has 1 amide bonds. The Balaban J connectivity index is 1.85. The molecule has 0 aromatic heterocycles. The van der Waals surface area contributed by atoms with Gasteiger partial charge in [0.25, 0.3) is 5.91 Å². The van der Waals surface area contributed by atoms with E-state index in [0.717, 1.165) is 11.6 Å². The molecule has 0 aliphatic carbocycles. The summed E-state index contributed by atoms with van der Waals surface area (Å²) in [4.78, 5) is 21.3. The average Bonchev–Trinajstić information content (AvgIpc) is 2.68. The highest BCUT2D eigenvalue weighted by Gasteiger charge is 2.36. The highest BCUT2D eigenvalue weighted by Crippen LogP contribution is 2.33. The Labute approximate surface area is 170 Å². The number of dihydropyridines is 1. The molecule has 0 radical (unpaired) electrons. The van der Waals surface area contributed by atoms with Crippen LogP contribution in [0.3, 0.4) is 0 Å². The van der Waals surface area contributed by atoms with Crippen molar-refractivity contribution in [1.29, 1.82) is 0 Å². The van der Waals surface area contributed by atoms with Crippen molar-refractivity contribution in [2.75, 3.05) is 0 Å². The molecule has 2 aromatic rings. The minimum Gasteiger partial charge on any atom is -0.371 e. The SMILES string of the molecule is O=NC(=O)Cc1ccc(CC2=CC(c3cccc(Cl)c3)NC(C(F)(F)F)=C2)cc1. The summed E-state index contributed by atoms with van der Waals surface area (Å²) in [7, 11) is 0. The quantitative estimate of drug-likeness (QED) is 0.656. The zero-order chi connectivity index (χ0) is 21.0. The van der Waals surface area contributed by atoms with Crippen molar-refractivity contribution >= 4 is 17.5 Å². The van der Waals surface area contributed by atoms with E-state index in [9.17, 15) is 22.9 Å². The molecule has 2 aromatic carbocycles. The van der Waals surface area contributed by atoms with Crippen molar-refractivity contribution in [2.24, 2.45) is 5.18 Å². The third-order valence-electron chi connectivity index (χ3n) is 4.42. The number of alkyl halides is 3. The summed E-state index contributed by atoms with van der Waals surface area (Å²) in [6.45, 7) is 0. The molecular weight excluding hydrogens is 405 g/mol. The summed E-state index contributed by atoms with van der Waals surface area (Å²) in [5.41, 5.74) is 1.69. The first-order chi connectivity index (χ1) is 13.7. The summed E-state index contributed by atoms with van der Waals surface area (Å²) in [5, 5.41) is 5.30. The number of hydrogen-bond donors (Lipinski definition) is 1. The number of benzene rings is 2. The number of rotatable bonds is 5. The molecule has 0 saturated carbocycles. The smallest absolute Gasteiger partial charge is 0.371 e. The third-order valence-corrected chi connectivity index (χ3v) is 4.66. The number of amides is 1. The Morgan fingerprint density at radius 2 is 1.79 bits per heavy atom. The van der Waals surface area contributed by atoms with Crippen molar-refractivity contribution in [3.05, 3.63) is 98.6 Å². The highest BCUT2D eigenvalue weighted by atomic mass is 35.5. The predicted octanol–water partition coefficient (Wildman–Crippen LogP) is 5.44. The fraction of sp³-hybridized carbons (Fsp3) is 0.190. The normalized spacial score (nSPS) is 16.5. The molecule has 0 fully saturated rings. The summed E-state index contributed by atoms with van der Waals surface area (Å²) in [6.07, 6.45) is -1.52. The summed E-state index contributed by atoms with van der Waals surface area (Å²) in [5.74, 6) is -0.777. The topological polar surface area (TPSA) is 58.5 Å². The maximum atomic E-state index is 13.4. The lowest BCUT2D eigenvalue weighted by Gasteiger charge is -2.26. The van der Waals surface area contributed by atoms with Crippen molar-refractivity contribution in [3.63, 3.8) is 0 Å². The summed E-state index contributed by atoms with van der Waals surface area (Å²) in [6, 6.07) is 12.8. The van der Waals surface area contributed by atoms with E-state index < -0.39 is 23.8 Å². The van der Waals surface area contributed by atoms with E-state index >= 15 is 0 Å². The number of nitrogens with one attached hydrogen (secondary N) is 1. The molecule has 0 spiro atoms. The number of allylic oxidation sites excluding steroid dienone is 3. The summed E-state index contributed by atoms with van der Waals surface area (Å²) >= 11 is 5.98. The molecule has 1 atom stereocenters. The first kappa shape index (κ1) is 20.8. The second-order valence-corrected chi connectivity index (χ2v) is 7.07. The van der Waals surface area contributed by atoms with E-state index in [4.69, 9.17) is 11.6 Å². The molecule has 1 aliphatic rings. The van der Waals surface area contributed by atoms with Crippen LogP contribution in [-0.2, 0) is 17.6 Å². The maximum absolute atomic E-state index is 13.4. The van der Waals surface area contributed by atoms with Gasteiger partial charge in [0.15, 0.2) is 0 Å². The fourth-order valence-electron chi connectivity index (χ4n) is 3.07. The van der Waals surface area contributed by atoms with Gasteiger partial charge >= 0.3 is 6.18 Å². The molecule has 0 bridgehead atoms. The van der Waals surface area contributed by atoms with E-state index in [-0.39, 0.29) is 12.8 Å². The largest absolute Gasteiger partial charge is 0.430 e. The molecular formula is C21H16ClF3N2O2. The van der Waals surface area contributed by atoms with Gasteiger partial charge in [0.1, 0.15) is 5.70 Å². The van der Waals surface area contributed by atoms with Crippen LogP contribution in [-0.4, -0.2) is 12.1 Å². The lowest BCUT2D eigenvalue weighted by molar-refractivity contribution is -0.117. The van der Waals surface area contributed by atoms with Gasteiger partial charge in [-0.2, -0.15) is 13.2 Å². The predicted molar refractivity (Wildman–Crippen MR) is 104 cm³/mol. The van der Waals surface area contributed by atoms with Crippen molar-refractivity contribution in [2.45, 2.75) is 25.1 Å². The van der Waals surface area contributed by atoms with Crippen LogP contribution in [0, 0.1) is 4.91 Å². The van der Waals surface area contributed by atoms with Crippen LogP contribution in [0.5, 0.6) is 0 Å². The molecule has 3 rings (SSSR count). The van der Waals surface area contributed by atoms with Crippen molar-refractivity contribution in [3.8, 4) is 0 Å². The number of carbonyl (C=O) groups is 1. The molecule has 8 heteroatoms. The lowest BCUT2D eigenvalue weighted by Crippen LogP contribution is -2.31. The van der Waals surface area contributed by atoms with Gasteiger partial charge in [0.05, 0.1) is 12.5 Å². The first-order valence-corrected chi connectivity index (χ1v) is 9.08. The van der Waals surface area contributed by atoms with Crippen LogP contribution in [0.2, 0.25) is 5.02 Å². The number of hydrogen-bond acceptors (Lipinski definition) is 3. The zero-order valence-corrected chi connectivity index (χ0v) is 15.8. The average molecular weight is 421 g/mol. The van der Waals surface area contributed by atoms with Crippen LogP contribution >= 0.6 is 11.6 Å². The minimum atomic E-state index is -4.51. The second kappa shape index (κ2) is 8.61. The van der Waals surface area contributed by atoms with E-state index in [1.165, 1.54) is 0 Å². The summed E-state index contributed by atoms with van der Waals surface area (Å²) < 4.78 is 40.1.